The van der Waals surface area contributed by atoms with Crippen molar-refractivity contribution >= 4 is 31.6 Å². The molecule has 11 heteroatoms. The maximum atomic E-state index is 12.8. The second kappa shape index (κ2) is 9.56. The summed E-state index contributed by atoms with van der Waals surface area (Å²) in [7, 11) is -5.03. The Labute approximate surface area is 182 Å². The molecule has 0 amide bonds. The van der Waals surface area contributed by atoms with Crippen LogP contribution in [0.25, 0.3) is 0 Å². The average molecular weight is 468 g/mol. The van der Waals surface area contributed by atoms with Crippen LogP contribution in [0.15, 0.2) is 57.2 Å². The van der Waals surface area contributed by atoms with Crippen LogP contribution in [0.2, 0.25) is 0 Å². The molecule has 2 aromatic carbocycles. The monoisotopic (exact) mass is 467 g/mol. The number of methoxy groups -OCH3 is 2. The fourth-order valence-corrected chi connectivity index (χ4v) is 5.29. The number of hydrogen-bond donors (Lipinski definition) is 2. The minimum atomic E-state index is -3.99. The zero-order valence-corrected chi connectivity index (χ0v) is 18.9. The van der Waals surface area contributed by atoms with Crippen molar-refractivity contribution in [2.45, 2.75) is 35.5 Å². The Hall–Kier alpha value is -2.79. The molecule has 0 aromatic heterocycles. The van der Waals surface area contributed by atoms with Crippen LogP contribution in [-0.2, 0) is 20.0 Å². The summed E-state index contributed by atoms with van der Waals surface area (Å²) in [5, 5.41) is 0. The maximum Gasteiger partial charge on any atom is 0.262 e. The number of benzene rings is 2. The van der Waals surface area contributed by atoms with Crippen molar-refractivity contribution in [2.24, 2.45) is 4.99 Å². The lowest BCUT2D eigenvalue weighted by atomic mass is 10.2. The van der Waals surface area contributed by atoms with Gasteiger partial charge in [-0.25, -0.2) is 16.8 Å². The molecule has 0 aliphatic carbocycles. The van der Waals surface area contributed by atoms with Gasteiger partial charge in [0.05, 0.1) is 29.7 Å². The second-order valence-corrected chi connectivity index (χ2v) is 10.3. The van der Waals surface area contributed by atoms with E-state index in [9.17, 15) is 16.8 Å². The van der Waals surface area contributed by atoms with Gasteiger partial charge in [0.1, 0.15) is 5.84 Å². The third-order valence-electron chi connectivity index (χ3n) is 4.69. The lowest BCUT2D eigenvalue weighted by molar-refractivity contribution is 0.354. The molecule has 9 nitrogen and oxygen atoms in total. The molecule has 0 saturated carbocycles. The highest BCUT2D eigenvalue weighted by Gasteiger charge is 2.20. The van der Waals surface area contributed by atoms with Crippen molar-refractivity contribution in [3.63, 3.8) is 0 Å². The van der Waals surface area contributed by atoms with Crippen LogP contribution in [0, 0.1) is 0 Å². The standard InChI is InChI=1S/C20H25N3O6S2/c1-28-18-11-10-17(14-19(18)29-2)30(24,25)22-15-7-6-8-16(13-15)31(26,27)23-20-9-4-3-5-12-21-20/h6-8,10-11,13-14,22H,3-5,9,12H2,1-2H3,(H,21,23). The van der Waals surface area contributed by atoms with Gasteiger partial charge in [-0.3, -0.25) is 14.4 Å². The molecule has 2 aromatic rings. The number of ether oxygens (including phenoxy) is 2. The fourth-order valence-electron chi connectivity index (χ4n) is 3.10. The van der Waals surface area contributed by atoms with E-state index in [0.717, 1.165) is 19.3 Å². The minimum absolute atomic E-state index is 0.0515. The summed E-state index contributed by atoms with van der Waals surface area (Å²) in [6, 6.07) is 9.78. The topological polar surface area (TPSA) is 123 Å². The van der Waals surface area contributed by atoms with Gasteiger partial charge in [-0.1, -0.05) is 12.5 Å². The lowest BCUT2D eigenvalue weighted by Gasteiger charge is -2.13. The number of nitrogens with zero attached hydrogens (tertiary/aromatic N) is 1. The first-order valence-corrected chi connectivity index (χ1v) is 12.6. The van der Waals surface area contributed by atoms with E-state index in [-0.39, 0.29) is 21.2 Å². The van der Waals surface area contributed by atoms with Crippen molar-refractivity contribution in [1.82, 2.24) is 4.72 Å². The van der Waals surface area contributed by atoms with Crippen LogP contribution in [0.5, 0.6) is 11.5 Å². The first kappa shape index (κ1) is 22.9. The molecule has 1 aliphatic rings. The normalized spacial score (nSPS) is 14.8. The molecule has 0 unspecified atom stereocenters. The van der Waals surface area contributed by atoms with Crippen molar-refractivity contribution in [3.05, 3.63) is 42.5 Å². The van der Waals surface area contributed by atoms with Crippen molar-refractivity contribution < 1.29 is 26.3 Å². The van der Waals surface area contributed by atoms with Crippen molar-refractivity contribution in [2.75, 3.05) is 25.5 Å². The van der Waals surface area contributed by atoms with Gasteiger partial charge < -0.3 is 9.47 Å². The van der Waals surface area contributed by atoms with E-state index in [1.165, 1.54) is 56.7 Å². The van der Waals surface area contributed by atoms with E-state index in [1.807, 2.05) is 0 Å². The molecule has 168 valence electrons. The summed E-state index contributed by atoms with van der Waals surface area (Å²) in [5.41, 5.74) is 0.112. The molecule has 0 atom stereocenters. The maximum absolute atomic E-state index is 12.8. The van der Waals surface area contributed by atoms with E-state index in [0.29, 0.717) is 24.6 Å². The van der Waals surface area contributed by atoms with Crippen molar-refractivity contribution in [1.29, 1.82) is 0 Å². The van der Waals surface area contributed by atoms with E-state index in [1.54, 1.807) is 0 Å². The van der Waals surface area contributed by atoms with Gasteiger partial charge in [0.25, 0.3) is 20.0 Å². The Morgan fingerprint density at radius 1 is 0.806 bits per heavy atom. The molecule has 2 N–H and O–H groups in total. The van der Waals surface area contributed by atoms with Crippen LogP contribution in [0.4, 0.5) is 5.69 Å². The van der Waals surface area contributed by atoms with Gasteiger partial charge in [0.2, 0.25) is 0 Å². The number of aliphatic imine (C=N–C) groups is 1. The average Bonchev–Trinajstić information content (AvgIpc) is 3.01. The number of sulfonamides is 2. The van der Waals surface area contributed by atoms with Crippen LogP contribution in [0.3, 0.4) is 0 Å². The Bertz CT molecular complexity index is 1180. The smallest absolute Gasteiger partial charge is 0.262 e. The number of anilines is 1. The highest BCUT2D eigenvalue weighted by Crippen LogP contribution is 2.30. The fraction of sp³-hybridized carbons (Fsp3) is 0.350. The largest absolute Gasteiger partial charge is 0.493 e. The Balaban J connectivity index is 1.83. The van der Waals surface area contributed by atoms with Crippen LogP contribution >= 0.6 is 0 Å². The second-order valence-electron chi connectivity index (χ2n) is 6.89. The molecule has 0 radical (unpaired) electrons. The Morgan fingerprint density at radius 2 is 1.52 bits per heavy atom. The summed E-state index contributed by atoms with van der Waals surface area (Å²) >= 11 is 0. The summed E-state index contributed by atoms with van der Waals surface area (Å²) in [6.45, 7) is 0.586. The zero-order chi connectivity index (χ0) is 22.5. The molecular weight excluding hydrogens is 442 g/mol. The molecule has 3 rings (SSSR count). The molecule has 0 fully saturated rings. The van der Waals surface area contributed by atoms with Gasteiger partial charge in [0.15, 0.2) is 11.5 Å². The van der Waals surface area contributed by atoms with Gasteiger partial charge in [-0.15, -0.1) is 0 Å². The molecule has 0 spiro atoms. The van der Waals surface area contributed by atoms with Crippen LogP contribution < -0.4 is 18.9 Å². The molecule has 31 heavy (non-hydrogen) atoms. The lowest BCUT2D eigenvalue weighted by Crippen LogP contribution is -2.30. The quantitative estimate of drug-likeness (QED) is 0.645. The van der Waals surface area contributed by atoms with Gasteiger partial charge in [-0.2, -0.15) is 0 Å². The highest BCUT2D eigenvalue weighted by atomic mass is 32.2. The minimum Gasteiger partial charge on any atom is -0.493 e. The molecule has 0 saturated heterocycles. The first-order chi connectivity index (χ1) is 14.7. The molecular formula is C20H25N3O6S2. The zero-order valence-electron chi connectivity index (χ0n) is 17.3. The van der Waals surface area contributed by atoms with E-state index >= 15 is 0 Å². The summed E-state index contributed by atoms with van der Waals surface area (Å²) in [6.07, 6.45) is 3.36. The number of amidine groups is 1. The SMILES string of the molecule is COc1ccc(S(=O)(=O)Nc2cccc(S(=O)(=O)NC3=NCCCCC3)c2)cc1OC. The Morgan fingerprint density at radius 3 is 2.26 bits per heavy atom. The molecule has 1 aliphatic heterocycles. The van der Waals surface area contributed by atoms with Crippen LogP contribution in [0.1, 0.15) is 25.7 Å². The summed E-state index contributed by atoms with van der Waals surface area (Å²) < 4.78 is 66.3. The third-order valence-corrected chi connectivity index (χ3v) is 7.45. The number of nitrogens with one attached hydrogen (secondary N) is 2. The Kier molecular flexibility index (Phi) is 7.06. The molecule has 0 bridgehead atoms. The third kappa shape index (κ3) is 5.67. The highest BCUT2D eigenvalue weighted by molar-refractivity contribution is 7.92. The van der Waals surface area contributed by atoms with Gasteiger partial charge in [-0.05, 0) is 43.2 Å². The predicted molar refractivity (Wildman–Crippen MR) is 118 cm³/mol. The van der Waals surface area contributed by atoms with E-state index in [4.69, 9.17) is 9.47 Å². The summed E-state index contributed by atoms with van der Waals surface area (Å²) in [5.74, 6) is 1.07. The van der Waals surface area contributed by atoms with Gasteiger partial charge in [0, 0.05) is 19.0 Å². The summed E-state index contributed by atoms with van der Waals surface area (Å²) in [4.78, 5) is 4.16. The first-order valence-electron chi connectivity index (χ1n) is 9.66. The van der Waals surface area contributed by atoms with Crippen molar-refractivity contribution in [3.8, 4) is 11.5 Å². The van der Waals surface area contributed by atoms with E-state index < -0.39 is 20.0 Å². The number of hydrogen-bond acceptors (Lipinski definition) is 7. The predicted octanol–water partition coefficient (Wildman–Crippen LogP) is 2.76. The number of rotatable bonds is 7. The van der Waals surface area contributed by atoms with E-state index in [2.05, 4.69) is 14.4 Å². The molecule has 1 heterocycles. The van der Waals surface area contributed by atoms with Gasteiger partial charge >= 0.3 is 0 Å². The van der Waals surface area contributed by atoms with Crippen LogP contribution in [-0.4, -0.2) is 43.4 Å².